The van der Waals surface area contributed by atoms with E-state index in [9.17, 15) is 4.79 Å². The first-order valence-electron chi connectivity index (χ1n) is 5.64. The van der Waals surface area contributed by atoms with Crippen LogP contribution in [0.1, 0.15) is 35.2 Å². The van der Waals surface area contributed by atoms with Gasteiger partial charge in [-0.3, -0.25) is 4.79 Å². The van der Waals surface area contributed by atoms with Gasteiger partial charge in [0, 0.05) is 12.7 Å². The Kier molecular flexibility index (Phi) is 2.75. The molecule has 0 spiro atoms. The minimum Gasteiger partial charge on any atom is -0.356 e. The van der Waals surface area contributed by atoms with Gasteiger partial charge in [0.25, 0.3) is 5.91 Å². The van der Waals surface area contributed by atoms with E-state index in [4.69, 9.17) is 11.6 Å². The van der Waals surface area contributed by atoms with E-state index in [1.807, 2.05) is 0 Å². The topological polar surface area (TPSA) is 90.6 Å². The third-order valence-corrected chi connectivity index (χ3v) is 3.27. The van der Waals surface area contributed by atoms with Crippen LogP contribution in [0, 0.1) is 0 Å². The number of aromatic amines is 2. The van der Waals surface area contributed by atoms with Crippen molar-refractivity contribution in [3.05, 3.63) is 28.8 Å². The van der Waals surface area contributed by atoms with Gasteiger partial charge in [0.1, 0.15) is 5.69 Å². The molecular formula is C10H11ClN6O. The van der Waals surface area contributed by atoms with Gasteiger partial charge in [-0.25, -0.2) is 0 Å². The number of likely N-dealkylation sites (tertiary alicyclic amines) is 1. The number of aromatic nitrogens is 5. The monoisotopic (exact) mass is 266 g/mol. The molecule has 0 aliphatic carbocycles. The molecular weight excluding hydrogens is 256 g/mol. The molecule has 0 unspecified atom stereocenters. The summed E-state index contributed by atoms with van der Waals surface area (Å²) in [6.07, 6.45) is 3.37. The quantitative estimate of drug-likeness (QED) is 0.853. The highest BCUT2D eigenvalue weighted by Crippen LogP contribution is 2.30. The van der Waals surface area contributed by atoms with E-state index in [-0.39, 0.29) is 11.9 Å². The molecule has 94 valence electrons. The highest BCUT2D eigenvalue weighted by molar-refractivity contribution is 6.30. The van der Waals surface area contributed by atoms with E-state index < -0.39 is 0 Å². The fourth-order valence-corrected chi connectivity index (χ4v) is 2.40. The van der Waals surface area contributed by atoms with Crippen LogP contribution in [0.2, 0.25) is 5.02 Å². The molecule has 1 saturated heterocycles. The van der Waals surface area contributed by atoms with Crippen molar-refractivity contribution in [3.63, 3.8) is 0 Å². The van der Waals surface area contributed by atoms with Crippen LogP contribution in [0.5, 0.6) is 0 Å². The molecule has 3 heterocycles. The molecule has 1 amide bonds. The molecule has 3 rings (SSSR count). The molecule has 2 aromatic heterocycles. The number of nitrogens with zero attached hydrogens (tertiary/aromatic N) is 4. The summed E-state index contributed by atoms with van der Waals surface area (Å²) in [6.45, 7) is 0.689. The number of nitrogens with one attached hydrogen (secondary N) is 2. The highest BCUT2D eigenvalue weighted by Gasteiger charge is 2.33. The molecule has 7 nitrogen and oxygen atoms in total. The molecule has 1 fully saturated rings. The largest absolute Gasteiger partial charge is 0.356 e. The van der Waals surface area contributed by atoms with Crippen molar-refractivity contribution >= 4 is 17.5 Å². The van der Waals surface area contributed by atoms with Gasteiger partial charge < -0.3 is 9.88 Å². The van der Waals surface area contributed by atoms with Crippen molar-refractivity contribution in [1.29, 1.82) is 0 Å². The van der Waals surface area contributed by atoms with Crippen molar-refractivity contribution in [3.8, 4) is 0 Å². The maximum absolute atomic E-state index is 12.3. The van der Waals surface area contributed by atoms with Gasteiger partial charge in [-0.2, -0.15) is 5.21 Å². The third kappa shape index (κ3) is 1.86. The van der Waals surface area contributed by atoms with Gasteiger partial charge >= 0.3 is 0 Å². The summed E-state index contributed by atoms with van der Waals surface area (Å²) in [5.41, 5.74) is 0.482. The van der Waals surface area contributed by atoms with E-state index in [1.165, 1.54) is 0 Å². The summed E-state index contributed by atoms with van der Waals surface area (Å²) < 4.78 is 0. The van der Waals surface area contributed by atoms with Gasteiger partial charge in [-0.1, -0.05) is 16.8 Å². The van der Waals surface area contributed by atoms with Crippen LogP contribution >= 0.6 is 11.6 Å². The normalized spacial score (nSPS) is 19.4. The van der Waals surface area contributed by atoms with Crippen LogP contribution in [0.15, 0.2) is 12.3 Å². The van der Waals surface area contributed by atoms with E-state index in [1.54, 1.807) is 17.2 Å². The summed E-state index contributed by atoms with van der Waals surface area (Å²) in [6, 6.07) is 1.51. The van der Waals surface area contributed by atoms with E-state index in [2.05, 4.69) is 25.6 Å². The number of tetrazole rings is 1. The predicted molar refractivity (Wildman–Crippen MR) is 63.0 cm³/mol. The average Bonchev–Trinajstić information content (AvgIpc) is 3.08. The Hall–Kier alpha value is -1.89. The smallest absolute Gasteiger partial charge is 0.270 e. The molecule has 2 N–H and O–H groups in total. The zero-order valence-corrected chi connectivity index (χ0v) is 10.2. The molecule has 8 heteroatoms. The first-order valence-corrected chi connectivity index (χ1v) is 6.02. The fourth-order valence-electron chi connectivity index (χ4n) is 2.24. The number of rotatable bonds is 2. The molecule has 18 heavy (non-hydrogen) atoms. The van der Waals surface area contributed by atoms with Crippen molar-refractivity contribution in [2.45, 2.75) is 18.9 Å². The Balaban J connectivity index is 1.85. The van der Waals surface area contributed by atoms with Crippen LogP contribution in [0.3, 0.4) is 0 Å². The lowest BCUT2D eigenvalue weighted by Crippen LogP contribution is -2.31. The zero-order valence-electron chi connectivity index (χ0n) is 9.43. The Labute approximate surface area is 108 Å². The van der Waals surface area contributed by atoms with E-state index in [0.717, 1.165) is 12.8 Å². The number of carbonyl (C=O) groups excluding carboxylic acids is 1. The van der Waals surface area contributed by atoms with Gasteiger partial charge in [0.2, 0.25) is 0 Å². The molecule has 1 aliphatic rings. The standard InChI is InChI=1S/C10H11ClN6O/c11-6-4-7(12-5-6)10(18)17-3-1-2-8(17)9-13-15-16-14-9/h4-5,8,12H,1-3H2,(H,13,14,15,16)/t8-/m1/s1. The number of amides is 1. The zero-order chi connectivity index (χ0) is 12.5. The molecule has 1 aliphatic heterocycles. The number of carbonyl (C=O) groups is 1. The SMILES string of the molecule is O=C(c1cc(Cl)c[nH]1)N1CCC[C@@H]1c1nn[nH]n1. The molecule has 0 radical (unpaired) electrons. The lowest BCUT2D eigenvalue weighted by atomic mass is 10.2. The summed E-state index contributed by atoms with van der Waals surface area (Å²) in [4.78, 5) is 16.9. The minimum absolute atomic E-state index is 0.0887. The lowest BCUT2D eigenvalue weighted by molar-refractivity contribution is 0.0724. The van der Waals surface area contributed by atoms with Gasteiger partial charge in [0.05, 0.1) is 11.1 Å². The van der Waals surface area contributed by atoms with Gasteiger partial charge in [-0.05, 0) is 18.9 Å². The lowest BCUT2D eigenvalue weighted by Gasteiger charge is -2.21. The predicted octanol–water partition coefficient (Wildman–Crippen LogP) is 1.16. The summed E-state index contributed by atoms with van der Waals surface area (Å²) in [5, 5.41) is 14.4. The second-order valence-electron chi connectivity index (χ2n) is 4.16. The summed E-state index contributed by atoms with van der Waals surface area (Å²) in [7, 11) is 0. The van der Waals surface area contributed by atoms with Crippen LogP contribution < -0.4 is 0 Å². The second-order valence-corrected chi connectivity index (χ2v) is 4.59. The van der Waals surface area contributed by atoms with Gasteiger partial charge in [0.15, 0.2) is 5.82 Å². The molecule has 0 aromatic carbocycles. The number of H-pyrrole nitrogens is 2. The first-order chi connectivity index (χ1) is 8.75. The van der Waals surface area contributed by atoms with Crippen molar-refractivity contribution < 1.29 is 4.79 Å². The molecule has 0 bridgehead atoms. The summed E-state index contributed by atoms with van der Waals surface area (Å²) >= 11 is 5.81. The van der Waals surface area contributed by atoms with Crippen molar-refractivity contribution in [2.24, 2.45) is 0 Å². The number of hydrogen-bond acceptors (Lipinski definition) is 4. The summed E-state index contributed by atoms with van der Waals surface area (Å²) in [5.74, 6) is 0.465. The maximum atomic E-state index is 12.3. The molecule has 1 atom stereocenters. The second kappa shape index (κ2) is 4.41. The van der Waals surface area contributed by atoms with Crippen LogP contribution in [-0.2, 0) is 0 Å². The molecule has 2 aromatic rings. The average molecular weight is 267 g/mol. The Morgan fingerprint density at radius 1 is 1.56 bits per heavy atom. The van der Waals surface area contributed by atoms with E-state index >= 15 is 0 Å². The number of hydrogen-bond donors (Lipinski definition) is 2. The Bertz CT molecular complexity index is 550. The highest BCUT2D eigenvalue weighted by atomic mass is 35.5. The van der Waals surface area contributed by atoms with E-state index in [0.29, 0.717) is 23.1 Å². The first kappa shape index (κ1) is 11.2. The molecule has 0 saturated carbocycles. The van der Waals surface area contributed by atoms with Gasteiger partial charge in [-0.15, -0.1) is 10.2 Å². The Morgan fingerprint density at radius 3 is 3.11 bits per heavy atom. The number of halogens is 1. The van der Waals surface area contributed by atoms with Crippen molar-refractivity contribution in [2.75, 3.05) is 6.54 Å². The van der Waals surface area contributed by atoms with Crippen LogP contribution in [-0.4, -0.2) is 43.0 Å². The van der Waals surface area contributed by atoms with Crippen molar-refractivity contribution in [1.82, 2.24) is 30.5 Å². The third-order valence-electron chi connectivity index (χ3n) is 3.05. The Morgan fingerprint density at radius 2 is 2.44 bits per heavy atom. The van der Waals surface area contributed by atoms with Crippen LogP contribution in [0.4, 0.5) is 0 Å². The minimum atomic E-state index is -0.113. The fraction of sp³-hybridized carbons (Fsp3) is 0.400. The maximum Gasteiger partial charge on any atom is 0.270 e. The van der Waals surface area contributed by atoms with Crippen LogP contribution in [0.25, 0.3) is 0 Å².